The average molecular weight is 503 g/mol. The molecule has 0 spiro atoms. The number of benzene rings is 2. The van der Waals surface area contributed by atoms with E-state index in [0.717, 1.165) is 22.9 Å². The van der Waals surface area contributed by atoms with Gasteiger partial charge in [0.15, 0.2) is 6.61 Å². The van der Waals surface area contributed by atoms with Crippen molar-refractivity contribution in [3.05, 3.63) is 64.1 Å². The van der Waals surface area contributed by atoms with Crippen LogP contribution < -0.4 is 10.1 Å². The minimum atomic E-state index is -0.602. The van der Waals surface area contributed by atoms with Gasteiger partial charge in [0.1, 0.15) is 11.8 Å². The number of unbranched alkanes of at least 4 members (excludes halogenated alkanes) is 1. The van der Waals surface area contributed by atoms with Gasteiger partial charge in [-0.2, -0.15) is 0 Å². The topological polar surface area (TPSA) is 58.6 Å². The van der Waals surface area contributed by atoms with Crippen LogP contribution in [0.15, 0.2) is 53.0 Å². The van der Waals surface area contributed by atoms with E-state index in [0.29, 0.717) is 18.8 Å². The summed E-state index contributed by atoms with van der Waals surface area (Å²) < 4.78 is 6.74. The zero-order valence-corrected chi connectivity index (χ0v) is 21.4. The largest absolute Gasteiger partial charge is 0.484 e. The van der Waals surface area contributed by atoms with Gasteiger partial charge in [0.05, 0.1) is 0 Å². The first-order chi connectivity index (χ1) is 15.1. The predicted molar refractivity (Wildman–Crippen MR) is 133 cm³/mol. The van der Waals surface area contributed by atoms with Crippen LogP contribution in [-0.2, 0) is 21.5 Å². The van der Waals surface area contributed by atoms with Crippen LogP contribution in [0.1, 0.15) is 58.6 Å². The monoisotopic (exact) mass is 502 g/mol. The highest BCUT2D eigenvalue weighted by Gasteiger charge is 2.26. The van der Waals surface area contributed by atoms with E-state index in [1.165, 1.54) is 5.56 Å². The second-order valence-electron chi connectivity index (χ2n) is 9.03. The first-order valence-electron chi connectivity index (χ1n) is 11.2. The van der Waals surface area contributed by atoms with Crippen LogP contribution in [0.3, 0.4) is 0 Å². The number of halogens is 1. The molecule has 2 amide bonds. The number of nitrogens with one attached hydrogen (secondary N) is 1. The van der Waals surface area contributed by atoms with Crippen LogP contribution in [0.25, 0.3) is 0 Å². The van der Waals surface area contributed by atoms with Crippen molar-refractivity contribution >= 4 is 27.7 Å². The molecule has 0 aliphatic heterocycles. The lowest BCUT2D eigenvalue weighted by Gasteiger charge is -2.29. The minimum absolute atomic E-state index is 0.0520. The molecule has 0 fully saturated rings. The summed E-state index contributed by atoms with van der Waals surface area (Å²) in [5.41, 5.74) is 2.20. The lowest BCUT2D eigenvalue weighted by molar-refractivity contribution is -0.142. The Hall–Kier alpha value is -2.34. The van der Waals surface area contributed by atoms with E-state index in [-0.39, 0.29) is 23.8 Å². The molecule has 32 heavy (non-hydrogen) atoms. The molecule has 0 unspecified atom stereocenters. The summed E-state index contributed by atoms with van der Waals surface area (Å²) in [5, 5.41) is 2.93. The molecular weight excluding hydrogens is 468 g/mol. The van der Waals surface area contributed by atoms with E-state index in [9.17, 15) is 9.59 Å². The van der Waals surface area contributed by atoms with Crippen LogP contribution in [0.4, 0.5) is 0 Å². The van der Waals surface area contributed by atoms with Gasteiger partial charge in [-0.1, -0.05) is 74.3 Å². The summed E-state index contributed by atoms with van der Waals surface area (Å²) in [5.74, 6) is 0.249. The SMILES string of the molecule is CCCCNC(=O)[C@H](C)N(Cc1ccc(Br)cc1)C(=O)COc1ccc(C(C)(C)C)cc1. The lowest BCUT2D eigenvalue weighted by atomic mass is 9.87. The van der Waals surface area contributed by atoms with Gasteiger partial charge in [-0.3, -0.25) is 9.59 Å². The number of carbonyl (C=O) groups is 2. The maximum Gasteiger partial charge on any atom is 0.261 e. The number of ether oxygens (including phenoxy) is 1. The molecule has 1 N–H and O–H groups in total. The Morgan fingerprint density at radius 2 is 1.69 bits per heavy atom. The van der Waals surface area contributed by atoms with Crippen molar-refractivity contribution in [1.29, 1.82) is 0 Å². The van der Waals surface area contributed by atoms with E-state index < -0.39 is 6.04 Å². The summed E-state index contributed by atoms with van der Waals surface area (Å²) in [6.45, 7) is 11.1. The van der Waals surface area contributed by atoms with Gasteiger partial charge in [0.25, 0.3) is 5.91 Å². The fraction of sp³-hybridized carbons (Fsp3) is 0.462. The van der Waals surface area contributed by atoms with Gasteiger partial charge in [-0.25, -0.2) is 0 Å². The smallest absolute Gasteiger partial charge is 0.261 e. The zero-order chi connectivity index (χ0) is 23.7. The molecule has 6 heteroatoms. The number of hydrogen-bond donors (Lipinski definition) is 1. The zero-order valence-electron chi connectivity index (χ0n) is 19.8. The molecule has 0 heterocycles. The molecular formula is C26H35BrN2O3. The van der Waals surface area contributed by atoms with Gasteiger partial charge >= 0.3 is 0 Å². The summed E-state index contributed by atoms with van der Waals surface area (Å²) in [6.07, 6.45) is 1.91. The van der Waals surface area contributed by atoms with Gasteiger partial charge in [-0.15, -0.1) is 0 Å². The van der Waals surface area contributed by atoms with Crippen molar-refractivity contribution in [1.82, 2.24) is 10.2 Å². The minimum Gasteiger partial charge on any atom is -0.484 e. The van der Waals surface area contributed by atoms with Crippen LogP contribution in [-0.4, -0.2) is 35.9 Å². The third kappa shape index (κ3) is 7.97. The average Bonchev–Trinajstić information content (AvgIpc) is 2.76. The van der Waals surface area contributed by atoms with E-state index >= 15 is 0 Å². The Morgan fingerprint density at radius 1 is 1.06 bits per heavy atom. The first kappa shape index (κ1) is 25.9. The predicted octanol–water partition coefficient (Wildman–Crippen LogP) is 5.46. The molecule has 0 saturated heterocycles. The van der Waals surface area contributed by atoms with Crippen LogP contribution in [0, 0.1) is 0 Å². The van der Waals surface area contributed by atoms with Crippen molar-refractivity contribution < 1.29 is 14.3 Å². The highest BCUT2D eigenvalue weighted by atomic mass is 79.9. The Labute approximate surface area is 200 Å². The molecule has 2 rings (SSSR count). The van der Waals surface area contributed by atoms with E-state index in [1.807, 2.05) is 48.5 Å². The summed E-state index contributed by atoms with van der Waals surface area (Å²) in [4.78, 5) is 27.3. The van der Waals surface area contributed by atoms with Gasteiger partial charge in [-0.05, 0) is 54.2 Å². The molecule has 0 aliphatic rings. The van der Waals surface area contributed by atoms with Gasteiger partial charge in [0, 0.05) is 17.6 Å². The maximum absolute atomic E-state index is 13.1. The number of carbonyl (C=O) groups excluding carboxylic acids is 2. The number of hydrogen-bond acceptors (Lipinski definition) is 3. The van der Waals surface area contributed by atoms with Crippen molar-refractivity contribution in [2.24, 2.45) is 0 Å². The fourth-order valence-electron chi connectivity index (χ4n) is 3.18. The van der Waals surface area contributed by atoms with Gasteiger partial charge in [0.2, 0.25) is 5.91 Å². The third-order valence-corrected chi connectivity index (χ3v) is 5.87. The molecule has 0 aliphatic carbocycles. The Bertz CT molecular complexity index is 873. The van der Waals surface area contributed by atoms with Crippen molar-refractivity contribution in [2.45, 2.75) is 65.5 Å². The highest BCUT2D eigenvalue weighted by Crippen LogP contribution is 2.24. The summed E-state index contributed by atoms with van der Waals surface area (Å²) in [7, 11) is 0. The maximum atomic E-state index is 13.1. The quantitative estimate of drug-likeness (QED) is 0.438. The normalized spacial score (nSPS) is 12.2. The molecule has 1 atom stereocenters. The second kappa shape index (κ2) is 12.0. The van der Waals surface area contributed by atoms with E-state index in [2.05, 4.69) is 48.9 Å². The third-order valence-electron chi connectivity index (χ3n) is 5.35. The fourth-order valence-corrected chi connectivity index (χ4v) is 3.45. The Kier molecular flexibility index (Phi) is 9.76. The van der Waals surface area contributed by atoms with Crippen LogP contribution >= 0.6 is 15.9 Å². The van der Waals surface area contributed by atoms with Crippen molar-refractivity contribution in [3.63, 3.8) is 0 Å². The molecule has 0 bridgehead atoms. The lowest BCUT2D eigenvalue weighted by Crippen LogP contribution is -2.49. The first-order valence-corrected chi connectivity index (χ1v) is 12.0. The van der Waals surface area contributed by atoms with Gasteiger partial charge < -0.3 is 15.0 Å². The Morgan fingerprint density at radius 3 is 2.25 bits per heavy atom. The van der Waals surface area contributed by atoms with Crippen LogP contribution in [0.2, 0.25) is 0 Å². The molecule has 2 aromatic rings. The molecule has 0 radical (unpaired) electrons. The second-order valence-corrected chi connectivity index (χ2v) is 9.95. The van der Waals surface area contributed by atoms with Crippen LogP contribution in [0.5, 0.6) is 5.75 Å². The summed E-state index contributed by atoms with van der Waals surface area (Å²) >= 11 is 3.43. The van der Waals surface area contributed by atoms with Crippen molar-refractivity contribution in [3.8, 4) is 5.75 Å². The number of rotatable bonds is 10. The highest BCUT2D eigenvalue weighted by molar-refractivity contribution is 9.10. The number of amides is 2. The standard InChI is InChI=1S/C26H35BrN2O3/c1-6-7-16-28-25(31)19(2)29(17-20-8-12-22(27)13-9-20)24(30)18-32-23-14-10-21(11-15-23)26(3,4)5/h8-15,19H,6-7,16-18H2,1-5H3,(H,28,31)/t19-/m0/s1. The molecule has 0 aromatic heterocycles. The van der Waals surface area contributed by atoms with E-state index in [1.54, 1.807) is 11.8 Å². The molecule has 2 aromatic carbocycles. The Balaban J connectivity index is 2.09. The summed E-state index contributed by atoms with van der Waals surface area (Å²) in [6, 6.07) is 14.9. The van der Waals surface area contributed by atoms with Crippen molar-refractivity contribution in [2.75, 3.05) is 13.2 Å². The molecule has 5 nitrogen and oxygen atoms in total. The molecule has 174 valence electrons. The van der Waals surface area contributed by atoms with E-state index in [4.69, 9.17) is 4.74 Å². The molecule has 0 saturated carbocycles. The number of nitrogens with zero attached hydrogens (tertiary/aromatic N) is 1.